The zero-order valence-corrected chi connectivity index (χ0v) is 16.2. The topological polar surface area (TPSA) is 82.3 Å². The molecule has 0 saturated carbocycles. The fraction of sp³-hybridized carbons (Fsp3) is 0.333. The monoisotopic (exact) mass is 418 g/mol. The van der Waals surface area contributed by atoms with Crippen molar-refractivity contribution in [1.29, 1.82) is 0 Å². The first-order valence-electron chi connectivity index (χ1n) is 9.51. The Labute approximate surface area is 171 Å². The number of fused-ring (bicyclic) bond motifs is 1. The molecule has 3 N–H and O–H groups in total. The van der Waals surface area contributed by atoms with Crippen LogP contribution < -0.4 is 15.8 Å². The van der Waals surface area contributed by atoms with Crippen molar-refractivity contribution in [3.8, 4) is 5.75 Å². The Kier molecular flexibility index (Phi) is 5.48. The van der Waals surface area contributed by atoms with Gasteiger partial charge in [-0.2, -0.15) is 18.3 Å². The lowest BCUT2D eigenvalue weighted by atomic mass is 10.00. The van der Waals surface area contributed by atoms with Crippen LogP contribution in [0, 0.1) is 6.92 Å². The second-order valence-corrected chi connectivity index (χ2v) is 7.19. The fourth-order valence-electron chi connectivity index (χ4n) is 3.56. The van der Waals surface area contributed by atoms with E-state index < -0.39 is 17.9 Å². The van der Waals surface area contributed by atoms with Gasteiger partial charge in [-0.1, -0.05) is 12.1 Å². The summed E-state index contributed by atoms with van der Waals surface area (Å²) in [5.74, 6) is 1.02. The lowest BCUT2D eigenvalue weighted by Crippen LogP contribution is -2.23. The number of alkyl halides is 3. The number of nitrogens with two attached hydrogens (primary N) is 1. The second-order valence-electron chi connectivity index (χ2n) is 7.19. The van der Waals surface area contributed by atoms with E-state index in [2.05, 4.69) is 15.5 Å². The number of aromatic nitrogens is 2. The molecule has 1 fully saturated rings. The van der Waals surface area contributed by atoms with Crippen LogP contribution in [0.4, 0.5) is 19.0 Å². The average Bonchev–Trinajstić information content (AvgIpc) is 3.20. The van der Waals surface area contributed by atoms with Crippen LogP contribution >= 0.6 is 0 Å². The van der Waals surface area contributed by atoms with Crippen molar-refractivity contribution in [3.05, 3.63) is 59.3 Å². The molecular weight excluding hydrogens is 397 g/mol. The molecule has 2 atom stereocenters. The first-order valence-corrected chi connectivity index (χ1v) is 9.51. The van der Waals surface area contributed by atoms with Crippen molar-refractivity contribution in [1.82, 2.24) is 10.2 Å². The third-order valence-corrected chi connectivity index (χ3v) is 5.13. The number of hydrogen-bond acceptors (Lipinski definition) is 6. The van der Waals surface area contributed by atoms with E-state index in [-0.39, 0.29) is 11.7 Å². The Morgan fingerprint density at radius 2 is 2.10 bits per heavy atom. The summed E-state index contributed by atoms with van der Waals surface area (Å²) < 4.78 is 51.0. The quantitative estimate of drug-likeness (QED) is 0.605. The first-order chi connectivity index (χ1) is 14.3. The summed E-state index contributed by atoms with van der Waals surface area (Å²) in [7, 11) is 0. The molecule has 9 heteroatoms. The van der Waals surface area contributed by atoms with Gasteiger partial charge < -0.3 is 20.5 Å². The second kappa shape index (κ2) is 8.08. The molecule has 4 rings (SSSR count). The van der Waals surface area contributed by atoms with Gasteiger partial charge in [0.15, 0.2) is 5.82 Å². The highest BCUT2D eigenvalue weighted by Gasteiger charge is 2.33. The van der Waals surface area contributed by atoms with Gasteiger partial charge in [0.2, 0.25) is 0 Å². The zero-order chi connectivity index (χ0) is 21.3. The first kappa shape index (κ1) is 20.4. The van der Waals surface area contributed by atoms with Gasteiger partial charge in [0, 0.05) is 17.2 Å². The highest BCUT2D eigenvalue weighted by atomic mass is 19.4. The molecule has 2 aromatic carbocycles. The van der Waals surface area contributed by atoms with Crippen LogP contribution in [0.2, 0.25) is 0 Å². The summed E-state index contributed by atoms with van der Waals surface area (Å²) in [6.07, 6.45) is -2.94. The Morgan fingerprint density at radius 3 is 2.83 bits per heavy atom. The van der Waals surface area contributed by atoms with E-state index in [1.54, 1.807) is 12.3 Å². The minimum absolute atomic E-state index is 0.0105. The summed E-state index contributed by atoms with van der Waals surface area (Å²) in [6, 6.07) is 9.45. The maximum Gasteiger partial charge on any atom is 0.416 e. The molecule has 3 aromatic rings. The number of ether oxygens (including phenoxy) is 2. The Balaban J connectivity index is 1.63. The lowest BCUT2D eigenvalue weighted by molar-refractivity contribution is -0.138. The van der Waals surface area contributed by atoms with Crippen LogP contribution in [0.5, 0.6) is 5.75 Å². The number of nitrogens with zero attached hydrogens (tertiary/aromatic N) is 2. The van der Waals surface area contributed by atoms with E-state index in [0.29, 0.717) is 35.7 Å². The maximum absolute atomic E-state index is 13.2. The van der Waals surface area contributed by atoms with Crippen molar-refractivity contribution >= 4 is 16.6 Å². The van der Waals surface area contributed by atoms with Crippen LogP contribution in [0.1, 0.15) is 29.3 Å². The molecule has 158 valence electrons. The highest BCUT2D eigenvalue weighted by Crippen LogP contribution is 2.35. The molecule has 1 aliphatic heterocycles. The summed E-state index contributed by atoms with van der Waals surface area (Å²) in [6.45, 7) is 2.61. The van der Waals surface area contributed by atoms with Crippen LogP contribution in [-0.4, -0.2) is 29.5 Å². The van der Waals surface area contributed by atoms with Gasteiger partial charge in [0.05, 0.1) is 25.0 Å². The van der Waals surface area contributed by atoms with E-state index in [1.165, 1.54) is 13.0 Å². The van der Waals surface area contributed by atoms with Gasteiger partial charge in [-0.15, -0.1) is 5.10 Å². The molecule has 0 radical (unpaired) electrons. The average molecular weight is 418 g/mol. The van der Waals surface area contributed by atoms with Gasteiger partial charge in [0.25, 0.3) is 0 Å². The van der Waals surface area contributed by atoms with E-state index in [1.807, 2.05) is 18.2 Å². The Bertz CT molecular complexity index is 1050. The number of benzene rings is 2. The summed E-state index contributed by atoms with van der Waals surface area (Å²) >= 11 is 0. The van der Waals surface area contributed by atoms with Crippen molar-refractivity contribution < 1.29 is 22.6 Å². The predicted molar refractivity (Wildman–Crippen MR) is 106 cm³/mol. The third-order valence-electron chi connectivity index (χ3n) is 5.13. The Hall–Kier alpha value is -2.91. The molecule has 0 bridgehead atoms. The van der Waals surface area contributed by atoms with Crippen LogP contribution in [-0.2, 0) is 10.9 Å². The largest absolute Gasteiger partial charge is 0.488 e. The molecular formula is C21H21F3N4O2. The molecule has 1 saturated heterocycles. The number of nitrogens with one attached hydrogen (secondary N) is 1. The maximum atomic E-state index is 13.2. The third kappa shape index (κ3) is 4.17. The van der Waals surface area contributed by atoms with Gasteiger partial charge in [-0.05, 0) is 42.3 Å². The Morgan fingerprint density at radius 1 is 1.27 bits per heavy atom. The summed E-state index contributed by atoms with van der Waals surface area (Å²) in [5.41, 5.74) is 5.90. The minimum Gasteiger partial charge on any atom is -0.488 e. The van der Waals surface area contributed by atoms with Crippen molar-refractivity contribution in [2.45, 2.75) is 31.8 Å². The SMILES string of the molecule is Cc1c([C@@H](N)Nc2nncc3ccc(O[C@H]4CCOC4)cc23)cccc1C(F)(F)F. The predicted octanol–water partition coefficient (Wildman–Crippen LogP) is 4.19. The van der Waals surface area contributed by atoms with Crippen molar-refractivity contribution in [2.75, 3.05) is 18.5 Å². The van der Waals surface area contributed by atoms with E-state index in [4.69, 9.17) is 15.2 Å². The molecule has 30 heavy (non-hydrogen) atoms. The number of halogens is 3. The van der Waals surface area contributed by atoms with Gasteiger partial charge >= 0.3 is 6.18 Å². The summed E-state index contributed by atoms with van der Waals surface area (Å²) in [4.78, 5) is 0. The van der Waals surface area contributed by atoms with Crippen LogP contribution in [0.15, 0.2) is 42.6 Å². The minimum atomic E-state index is -4.45. The van der Waals surface area contributed by atoms with Crippen molar-refractivity contribution in [3.63, 3.8) is 0 Å². The number of anilines is 1. The smallest absolute Gasteiger partial charge is 0.416 e. The molecule has 1 aromatic heterocycles. The van der Waals surface area contributed by atoms with Gasteiger partial charge in [-0.25, -0.2) is 0 Å². The van der Waals surface area contributed by atoms with E-state index in [0.717, 1.165) is 17.9 Å². The standard InChI is InChI=1S/C21H21F3N4O2/c1-12-16(3-2-4-18(12)21(22,23)24)19(25)27-20-17-9-14(30-15-7-8-29-11-15)6-5-13(17)10-26-28-20/h2-6,9-10,15,19H,7-8,11,25H2,1H3,(H,27,28)/t15-,19-/m0/s1. The highest BCUT2D eigenvalue weighted by molar-refractivity contribution is 5.92. The number of rotatable bonds is 5. The van der Waals surface area contributed by atoms with Gasteiger partial charge in [-0.3, -0.25) is 0 Å². The zero-order valence-electron chi connectivity index (χ0n) is 16.2. The molecule has 0 spiro atoms. The normalized spacial score (nSPS) is 17.8. The molecule has 0 aliphatic carbocycles. The molecule has 0 unspecified atom stereocenters. The van der Waals surface area contributed by atoms with Crippen LogP contribution in [0.3, 0.4) is 0 Å². The van der Waals surface area contributed by atoms with Crippen molar-refractivity contribution in [2.24, 2.45) is 5.73 Å². The molecule has 0 amide bonds. The van der Waals surface area contributed by atoms with Gasteiger partial charge in [0.1, 0.15) is 18.0 Å². The number of hydrogen-bond donors (Lipinski definition) is 2. The molecule has 1 aliphatic rings. The molecule has 6 nitrogen and oxygen atoms in total. The molecule has 2 heterocycles. The summed E-state index contributed by atoms with van der Waals surface area (Å²) in [5, 5.41) is 12.6. The van der Waals surface area contributed by atoms with E-state index in [9.17, 15) is 13.2 Å². The van der Waals surface area contributed by atoms with E-state index >= 15 is 0 Å². The fourth-order valence-corrected chi connectivity index (χ4v) is 3.56. The van der Waals surface area contributed by atoms with Crippen LogP contribution in [0.25, 0.3) is 10.8 Å². The lowest BCUT2D eigenvalue weighted by Gasteiger charge is -2.20.